The number of pyridine rings is 3. The maximum atomic E-state index is 10.9. The van der Waals surface area contributed by atoms with Crippen molar-refractivity contribution in [2.75, 3.05) is 35.8 Å². The summed E-state index contributed by atoms with van der Waals surface area (Å²) < 4.78 is 5.96. The molecule has 3 aromatic carbocycles. The third kappa shape index (κ3) is 10.2. The van der Waals surface area contributed by atoms with E-state index < -0.39 is 6.10 Å². The second kappa shape index (κ2) is 20.8. The van der Waals surface area contributed by atoms with Crippen LogP contribution in [0.2, 0.25) is 0 Å². The summed E-state index contributed by atoms with van der Waals surface area (Å²) in [5.74, 6) is 2.60. The zero-order valence-electron chi connectivity index (χ0n) is 40.0. The average molecular weight is 901 g/mol. The van der Waals surface area contributed by atoms with Crippen molar-refractivity contribution in [3.63, 3.8) is 0 Å². The molecule has 6 aromatic heterocycles. The minimum absolute atomic E-state index is 0.0657. The van der Waals surface area contributed by atoms with Crippen molar-refractivity contribution in [3.05, 3.63) is 144 Å². The van der Waals surface area contributed by atoms with Gasteiger partial charge in [0.2, 0.25) is 0 Å². The summed E-state index contributed by atoms with van der Waals surface area (Å²) in [5, 5.41) is 19.1. The number of aldehydes is 1. The first-order valence-corrected chi connectivity index (χ1v) is 22.4. The molecule has 0 spiro atoms. The van der Waals surface area contributed by atoms with Gasteiger partial charge in [-0.3, -0.25) is 4.79 Å². The van der Waals surface area contributed by atoms with Crippen molar-refractivity contribution in [2.45, 2.75) is 59.7 Å². The summed E-state index contributed by atoms with van der Waals surface area (Å²) in [6, 6.07) is 24.0. The highest BCUT2D eigenvalue weighted by atomic mass is 16.3. The van der Waals surface area contributed by atoms with Crippen LogP contribution in [0.3, 0.4) is 0 Å². The first kappa shape index (κ1) is 47.5. The second-order valence-electron chi connectivity index (χ2n) is 16.6. The number of anilines is 6. The number of nitrogens with zero attached hydrogens (tertiary/aromatic N) is 12. The fourth-order valence-corrected chi connectivity index (χ4v) is 8.09. The first-order chi connectivity index (χ1) is 32.3. The van der Waals surface area contributed by atoms with Gasteiger partial charge in [0.15, 0.2) is 0 Å². The highest BCUT2D eigenvalue weighted by Crippen LogP contribution is 2.32. The van der Waals surface area contributed by atoms with Gasteiger partial charge in [-0.1, -0.05) is 45.0 Å². The number of imidazole rings is 3. The minimum Gasteiger partial charge on any atom is -0.392 e. The molecule has 9 aromatic rings. The molecule has 0 aliphatic carbocycles. The standard InChI is InChI=1S/C18H22N4O.C17H20N4O.C17H18N4O/c1-5-13-8-14(12(2)23)6-7-16(13)22(4)18-9-17-15(10-19-18)20-11-21(17)3;2*1-4-13-7-12(10-22)5-6-15(13)21(3)17-8-16-14(9-18-17)19-11-20(16)2/h6-12,23H,5H2,1-4H3;5-9,11,22H,4,10H2,1-3H3;5-11H,4H2,1-3H3. The van der Waals surface area contributed by atoms with Crippen molar-refractivity contribution in [3.8, 4) is 0 Å². The molecule has 1 unspecified atom stereocenters. The molecule has 0 bridgehead atoms. The molecule has 0 aliphatic rings. The lowest BCUT2D eigenvalue weighted by Crippen LogP contribution is -2.13. The predicted octanol–water partition coefficient (Wildman–Crippen LogP) is 9.25. The van der Waals surface area contributed by atoms with E-state index in [-0.39, 0.29) is 6.61 Å². The van der Waals surface area contributed by atoms with Crippen LogP contribution >= 0.6 is 0 Å². The number of hydrogen-bond acceptors (Lipinski definition) is 12. The van der Waals surface area contributed by atoms with E-state index in [4.69, 9.17) is 0 Å². The Labute approximate surface area is 391 Å². The SMILES string of the molecule is CCc1cc(C(C)O)ccc1N(C)c1cc2c(cn1)ncn2C.CCc1cc(C=O)ccc1N(C)c1cc2c(cn1)ncn2C.CCc1cc(CO)ccc1N(C)c1cc2c(cn1)ncn2C. The van der Waals surface area contributed by atoms with Crippen molar-refractivity contribution in [1.82, 2.24) is 43.6 Å². The number of aliphatic hydroxyl groups excluding tert-OH is 2. The van der Waals surface area contributed by atoms with Crippen LogP contribution in [0.4, 0.5) is 34.5 Å². The number of aryl methyl sites for hydroxylation is 6. The molecular formula is C52H60N12O3. The van der Waals surface area contributed by atoms with Crippen LogP contribution in [0.25, 0.3) is 33.1 Å². The van der Waals surface area contributed by atoms with Crippen molar-refractivity contribution in [2.24, 2.45) is 21.1 Å². The molecule has 15 heteroatoms. The Hall–Kier alpha value is -7.49. The Balaban J connectivity index is 0.000000149. The lowest BCUT2D eigenvalue weighted by Gasteiger charge is -2.22. The van der Waals surface area contributed by atoms with Gasteiger partial charge in [-0.25, -0.2) is 29.9 Å². The largest absolute Gasteiger partial charge is 0.392 e. The van der Waals surface area contributed by atoms with E-state index in [9.17, 15) is 15.0 Å². The fraction of sp³-hybridized carbons (Fsp3) is 0.288. The molecule has 346 valence electrons. The number of fused-ring (bicyclic) bond motifs is 3. The number of aliphatic hydroxyl groups is 2. The van der Waals surface area contributed by atoms with Gasteiger partial charge in [0.1, 0.15) is 40.3 Å². The molecule has 15 nitrogen and oxygen atoms in total. The van der Waals surface area contributed by atoms with Crippen LogP contribution in [-0.4, -0.2) is 81.2 Å². The summed E-state index contributed by atoms with van der Waals surface area (Å²) in [5.41, 5.74) is 15.2. The van der Waals surface area contributed by atoms with E-state index in [0.717, 1.165) is 110 Å². The quantitative estimate of drug-likeness (QED) is 0.112. The molecule has 0 fully saturated rings. The highest BCUT2D eigenvalue weighted by molar-refractivity contribution is 5.82. The topological polar surface area (TPSA) is 159 Å². The van der Waals surface area contributed by atoms with E-state index in [1.54, 1.807) is 44.5 Å². The lowest BCUT2D eigenvalue weighted by atomic mass is 10.0. The summed E-state index contributed by atoms with van der Waals surface area (Å²) in [7, 11) is 11.9. The number of aromatic nitrogens is 9. The number of carbonyl (C=O) groups is 1. The second-order valence-corrected chi connectivity index (χ2v) is 16.6. The number of carbonyl (C=O) groups excluding carboxylic acids is 1. The molecule has 1 atom stereocenters. The molecule has 67 heavy (non-hydrogen) atoms. The van der Waals surface area contributed by atoms with Gasteiger partial charge in [-0.05, 0) is 84.3 Å². The zero-order valence-corrected chi connectivity index (χ0v) is 40.0. The molecule has 6 heterocycles. The molecule has 9 rings (SSSR count). The van der Waals surface area contributed by atoms with E-state index in [2.05, 4.69) is 78.7 Å². The van der Waals surface area contributed by atoms with Gasteiger partial charge in [-0.15, -0.1) is 0 Å². The van der Waals surface area contributed by atoms with E-state index in [1.807, 2.05) is 115 Å². The normalized spacial score (nSPS) is 11.5. The van der Waals surface area contributed by atoms with Gasteiger partial charge >= 0.3 is 0 Å². The third-order valence-corrected chi connectivity index (χ3v) is 12.2. The Morgan fingerprint density at radius 3 is 1.33 bits per heavy atom. The first-order valence-electron chi connectivity index (χ1n) is 22.4. The van der Waals surface area contributed by atoms with Crippen LogP contribution in [-0.2, 0) is 47.0 Å². The van der Waals surface area contributed by atoms with Gasteiger partial charge in [-0.2, -0.15) is 0 Å². The van der Waals surface area contributed by atoms with Crippen LogP contribution in [0.5, 0.6) is 0 Å². The number of benzene rings is 3. The molecule has 0 saturated carbocycles. The highest BCUT2D eigenvalue weighted by Gasteiger charge is 2.16. The van der Waals surface area contributed by atoms with Gasteiger partial charge < -0.3 is 38.6 Å². The van der Waals surface area contributed by atoms with Gasteiger partial charge in [0.25, 0.3) is 0 Å². The van der Waals surface area contributed by atoms with E-state index >= 15 is 0 Å². The number of rotatable bonds is 12. The molecule has 0 aliphatic heterocycles. The van der Waals surface area contributed by atoms with Crippen LogP contribution < -0.4 is 14.7 Å². The molecule has 0 amide bonds. The maximum Gasteiger partial charge on any atom is 0.150 e. The van der Waals surface area contributed by atoms with Gasteiger partial charge in [0, 0.05) is 83.1 Å². The van der Waals surface area contributed by atoms with E-state index in [1.165, 1.54) is 11.1 Å². The average Bonchev–Trinajstić information content (AvgIpc) is 4.06. The minimum atomic E-state index is -0.455. The van der Waals surface area contributed by atoms with E-state index in [0.29, 0.717) is 5.56 Å². The van der Waals surface area contributed by atoms with Crippen LogP contribution in [0.15, 0.2) is 110 Å². The van der Waals surface area contributed by atoms with Crippen molar-refractivity contribution in [1.29, 1.82) is 0 Å². The number of hydrogen-bond donors (Lipinski definition) is 2. The summed E-state index contributed by atoms with van der Waals surface area (Å²) in [6.45, 7) is 8.17. The molecular weight excluding hydrogens is 841 g/mol. The summed E-state index contributed by atoms with van der Waals surface area (Å²) in [6.07, 6.45) is 13.8. The summed E-state index contributed by atoms with van der Waals surface area (Å²) in [4.78, 5) is 43.6. The fourth-order valence-electron chi connectivity index (χ4n) is 8.09. The Morgan fingerprint density at radius 2 is 0.940 bits per heavy atom. The smallest absolute Gasteiger partial charge is 0.150 e. The van der Waals surface area contributed by atoms with Crippen LogP contribution in [0, 0.1) is 0 Å². The van der Waals surface area contributed by atoms with Crippen molar-refractivity contribution >= 4 is 73.9 Å². The molecule has 0 saturated heterocycles. The Morgan fingerprint density at radius 1 is 0.552 bits per heavy atom. The lowest BCUT2D eigenvalue weighted by molar-refractivity contribution is 0.112. The van der Waals surface area contributed by atoms with Crippen LogP contribution in [0.1, 0.15) is 72.0 Å². The maximum absolute atomic E-state index is 10.9. The predicted molar refractivity (Wildman–Crippen MR) is 269 cm³/mol. The monoisotopic (exact) mass is 900 g/mol. The Bertz CT molecular complexity index is 3150. The Kier molecular flexibility index (Phi) is 14.7. The molecule has 2 N–H and O–H groups in total. The zero-order chi connectivity index (χ0) is 47.9. The third-order valence-electron chi connectivity index (χ3n) is 12.2. The summed E-state index contributed by atoms with van der Waals surface area (Å²) >= 11 is 0. The van der Waals surface area contributed by atoms with Crippen molar-refractivity contribution < 1.29 is 15.0 Å². The van der Waals surface area contributed by atoms with Gasteiger partial charge in [0.05, 0.1) is 66.8 Å². The molecule has 0 radical (unpaired) electrons.